The number of rotatable bonds is 4. The Labute approximate surface area is 291 Å². The lowest BCUT2D eigenvalue weighted by Crippen LogP contribution is -2.18. The van der Waals surface area contributed by atoms with Crippen molar-refractivity contribution in [2.75, 3.05) is 0 Å². The molecule has 0 saturated heterocycles. The first-order valence-corrected chi connectivity index (χ1v) is 17.3. The minimum Gasteiger partial charge on any atom is -0.292 e. The highest BCUT2D eigenvalue weighted by molar-refractivity contribution is 6.13. The molecule has 0 amide bonds. The zero-order chi connectivity index (χ0) is 33.4. The minimum atomic E-state index is -0.307. The Balaban J connectivity index is 1.35. The SMILES string of the molecule is CC1(C)c2ccccc2-c2nc(-c3cc(-c4ccccc4)cc(-c4ccccc4)c3)c(-n3c4ccccc4c4cc5ccccc5cc43)nc21. The Bertz CT molecular complexity index is 2720. The molecule has 0 bridgehead atoms. The fraction of sp³-hybridized carbons (Fsp3) is 0.0638. The molecule has 0 radical (unpaired) electrons. The summed E-state index contributed by atoms with van der Waals surface area (Å²) in [6.07, 6.45) is 0. The Morgan fingerprint density at radius 1 is 0.440 bits per heavy atom. The maximum atomic E-state index is 5.73. The summed E-state index contributed by atoms with van der Waals surface area (Å²) in [7, 11) is 0. The lowest BCUT2D eigenvalue weighted by molar-refractivity contribution is 0.633. The summed E-state index contributed by atoms with van der Waals surface area (Å²) < 4.78 is 2.36. The molecule has 50 heavy (non-hydrogen) atoms. The van der Waals surface area contributed by atoms with Crippen molar-refractivity contribution in [3.63, 3.8) is 0 Å². The highest BCUT2D eigenvalue weighted by Crippen LogP contribution is 2.49. The summed E-state index contributed by atoms with van der Waals surface area (Å²) >= 11 is 0. The first-order chi connectivity index (χ1) is 24.5. The Morgan fingerprint density at radius 3 is 1.74 bits per heavy atom. The number of para-hydroxylation sites is 1. The van der Waals surface area contributed by atoms with Crippen LogP contribution in [0.25, 0.3) is 83.2 Å². The van der Waals surface area contributed by atoms with E-state index in [-0.39, 0.29) is 5.41 Å². The third-order valence-corrected chi connectivity index (χ3v) is 10.5. The van der Waals surface area contributed by atoms with Crippen molar-refractivity contribution < 1.29 is 0 Å². The minimum absolute atomic E-state index is 0.307. The molecule has 0 atom stereocenters. The van der Waals surface area contributed by atoms with E-state index >= 15 is 0 Å². The molecule has 0 unspecified atom stereocenters. The van der Waals surface area contributed by atoms with Gasteiger partial charge in [-0.05, 0) is 75.0 Å². The molecule has 1 aliphatic rings. The van der Waals surface area contributed by atoms with E-state index < -0.39 is 0 Å². The van der Waals surface area contributed by atoms with Gasteiger partial charge in [0.1, 0.15) is 5.69 Å². The van der Waals surface area contributed by atoms with E-state index in [1.54, 1.807) is 0 Å². The normalized spacial score (nSPS) is 13.2. The lowest BCUT2D eigenvalue weighted by atomic mass is 9.85. The van der Waals surface area contributed by atoms with Crippen LogP contribution in [0, 0.1) is 0 Å². The molecule has 0 saturated carbocycles. The maximum Gasteiger partial charge on any atom is 0.164 e. The predicted octanol–water partition coefficient (Wildman–Crippen LogP) is 12.0. The van der Waals surface area contributed by atoms with Crippen molar-refractivity contribution in [1.29, 1.82) is 0 Å². The summed E-state index contributed by atoms with van der Waals surface area (Å²) in [5.74, 6) is 0.843. The van der Waals surface area contributed by atoms with Crippen molar-refractivity contribution in [2.24, 2.45) is 0 Å². The number of fused-ring (bicyclic) bond motifs is 7. The van der Waals surface area contributed by atoms with Gasteiger partial charge in [0.2, 0.25) is 0 Å². The quantitative estimate of drug-likeness (QED) is 0.192. The summed E-state index contributed by atoms with van der Waals surface area (Å²) in [5.41, 5.74) is 12.8. The van der Waals surface area contributed by atoms with E-state index in [2.05, 4.69) is 182 Å². The van der Waals surface area contributed by atoms with Gasteiger partial charge < -0.3 is 0 Å². The van der Waals surface area contributed by atoms with Crippen molar-refractivity contribution in [3.8, 4) is 50.6 Å². The molecule has 9 aromatic rings. The van der Waals surface area contributed by atoms with Crippen molar-refractivity contribution in [3.05, 3.63) is 175 Å². The van der Waals surface area contributed by atoms with E-state index in [1.165, 1.54) is 27.1 Å². The second kappa shape index (κ2) is 10.8. The van der Waals surface area contributed by atoms with Crippen molar-refractivity contribution in [2.45, 2.75) is 19.3 Å². The van der Waals surface area contributed by atoms with Crippen LogP contribution in [-0.4, -0.2) is 14.5 Å². The van der Waals surface area contributed by atoms with Crippen LogP contribution < -0.4 is 0 Å². The van der Waals surface area contributed by atoms with Gasteiger partial charge in [-0.25, -0.2) is 9.97 Å². The van der Waals surface area contributed by atoms with Gasteiger partial charge in [0, 0.05) is 27.3 Å². The van der Waals surface area contributed by atoms with E-state index in [4.69, 9.17) is 9.97 Å². The largest absolute Gasteiger partial charge is 0.292 e. The van der Waals surface area contributed by atoms with Gasteiger partial charge in [0.05, 0.1) is 22.4 Å². The molecule has 1 aliphatic carbocycles. The average Bonchev–Trinajstić information content (AvgIpc) is 3.61. The molecule has 2 heterocycles. The zero-order valence-electron chi connectivity index (χ0n) is 27.9. The topological polar surface area (TPSA) is 30.7 Å². The van der Waals surface area contributed by atoms with Crippen molar-refractivity contribution >= 4 is 32.6 Å². The zero-order valence-corrected chi connectivity index (χ0v) is 27.9. The number of hydrogen-bond donors (Lipinski definition) is 0. The molecule has 0 aliphatic heterocycles. The molecule has 3 nitrogen and oxygen atoms in total. The molecule has 3 heteroatoms. The standard InChI is InChI=1S/C47H33N3/c1-47(2)40-23-13-11-22-38(40)44-45(47)49-46(50-41-24-14-12-21-37(41)39-28-32-19-9-10-20-33(32)29-42(39)50)43(48-44)36-26-34(30-15-5-3-6-16-30)25-35(27-36)31-17-7-4-8-18-31/h3-29H,1-2H3. The van der Waals surface area contributed by atoms with E-state index in [1.807, 2.05) is 0 Å². The van der Waals surface area contributed by atoms with Crippen LogP contribution in [0.3, 0.4) is 0 Å². The van der Waals surface area contributed by atoms with Crippen molar-refractivity contribution in [1.82, 2.24) is 14.5 Å². The number of nitrogens with zero attached hydrogens (tertiary/aromatic N) is 3. The number of hydrogen-bond acceptors (Lipinski definition) is 2. The second-order valence-electron chi connectivity index (χ2n) is 13.9. The molecule has 7 aromatic carbocycles. The molecular formula is C47H33N3. The average molecular weight is 640 g/mol. The van der Waals surface area contributed by atoms with Crippen LogP contribution >= 0.6 is 0 Å². The Hall–Kier alpha value is -6.32. The molecule has 236 valence electrons. The summed E-state index contributed by atoms with van der Waals surface area (Å²) in [4.78, 5) is 11.4. The smallest absolute Gasteiger partial charge is 0.164 e. The summed E-state index contributed by atoms with van der Waals surface area (Å²) in [6, 6.07) is 58.8. The molecule has 0 N–H and O–H groups in total. The van der Waals surface area contributed by atoms with E-state index in [9.17, 15) is 0 Å². The molecule has 0 spiro atoms. The van der Waals surface area contributed by atoms with Crippen LogP contribution in [0.4, 0.5) is 0 Å². The Kier molecular flexibility index (Phi) is 6.22. The van der Waals surface area contributed by atoms with Crippen LogP contribution in [0.15, 0.2) is 164 Å². The second-order valence-corrected chi connectivity index (χ2v) is 13.9. The highest BCUT2D eigenvalue weighted by Gasteiger charge is 2.39. The molecule has 10 rings (SSSR count). The molecule has 0 fully saturated rings. The van der Waals surface area contributed by atoms with Gasteiger partial charge in [-0.3, -0.25) is 4.57 Å². The number of benzene rings is 7. The first kappa shape index (κ1) is 28.7. The van der Waals surface area contributed by atoms with E-state index in [0.29, 0.717) is 0 Å². The van der Waals surface area contributed by atoms with Gasteiger partial charge in [-0.15, -0.1) is 0 Å². The van der Waals surface area contributed by atoms with Gasteiger partial charge in [-0.2, -0.15) is 0 Å². The van der Waals surface area contributed by atoms with Gasteiger partial charge in [0.25, 0.3) is 0 Å². The molecule has 2 aromatic heterocycles. The van der Waals surface area contributed by atoms with Crippen LogP contribution in [0.2, 0.25) is 0 Å². The van der Waals surface area contributed by atoms with Crippen LogP contribution in [0.1, 0.15) is 25.1 Å². The van der Waals surface area contributed by atoms with Gasteiger partial charge in [-0.1, -0.05) is 141 Å². The summed E-state index contributed by atoms with van der Waals surface area (Å²) in [6.45, 7) is 4.55. The lowest BCUT2D eigenvalue weighted by Gasteiger charge is -2.22. The van der Waals surface area contributed by atoms with Gasteiger partial charge >= 0.3 is 0 Å². The summed E-state index contributed by atoms with van der Waals surface area (Å²) in [5, 5.41) is 4.83. The van der Waals surface area contributed by atoms with Crippen LogP contribution in [-0.2, 0) is 5.41 Å². The fourth-order valence-corrected chi connectivity index (χ4v) is 8.00. The van der Waals surface area contributed by atoms with Gasteiger partial charge in [0.15, 0.2) is 5.82 Å². The van der Waals surface area contributed by atoms with E-state index in [0.717, 1.165) is 67.3 Å². The maximum absolute atomic E-state index is 5.73. The first-order valence-electron chi connectivity index (χ1n) is 17.3. The fourth-order valence-electron chi connectivity index (χ4n) is 8.00. The monoisotopic (exact) mass is 639 g/mol. The third kappa shape index (κ3) is 4.30. The predicted molar refractivity (Wildman–Crippen MR) is 208 cm³/mol. The highest BCUT2D eigenvalue weighted by atomic mass is 15.1. The third-order valence-electron chi connectivity index (χ3n) is 10.5. The van der Waals surface area contributed by atoms with Crippen LogP contribution in [0.5, 0.6) is 0 Å². The molecular weight excluding hydrogens is 607 g/mol. The Morgan fingerprint density at radius 2 is 1.02 bits per heavy atom. The number of aromatic nitrogens is 3.